The molecule has 2 aliphatic rings. The van der Waals surface area contributed by atoms with Gasteiger partial charge in [0, 0.05) is 29.8 Å². The van der Waals surface area contributed by atoms with Gasteiger partial charge in [-0.2, -0.15) is 0 Å². The summed E-state index contributed by atoms with van der Waals surface area (Å²) in [5.41, 5.74) is 1.78. The molecular weight excluding hydrogens is 288 g/mol. The maximum Gasteiger partial charge on any atom is 0.230 e. The number of nitrogens with one attached hydrogen (secondary N) is 2. The van der Waals surface area contributed by atoms with Crippen LogP contribution in [0.4, 0.5) is 5.69 Å². The molecule has 1 aliphatic carbocycles. The Hall–Kier alpha value is -1.26. The van der Waals surface area contributed by atoms with Crippen molar-refractivity contribution < 1.29 is 9.53 Å². The van der Waals surface area contributed by atoms with Crippen molar-refractivity contribution in [2.45, 2.75) is 39.2 Å². The van der Waals surface area contributed by atoms with Gasteiger partial charge < -0.3 is 15.4 Å². The Morgan fingerprint density at radius 1 is 1.33 bits per heavy atom. The van der Waals surface area contributed by atoms with E-state index in [1.165, 1.54) is 0 Å². The molecule has 1 heterocycles. The summed E-state index contributed by atoms with van der Waals surface area (Å²) in [7, 11) is 0. The van der Waals surface area contributed by atoms with Crippen LogP contribution in [0, 0.1) is 5.41 Å². The zero-order valence-electron chi connectivity index (χ0n) is 12.4. The number of benzene rings is 1. The number of carbonyl (C=O) groups excluding carboxylic acids is 1. The first-order valence-electron chi connectivity index (χ1n) is 7.45. The van der Waals surface area contributed by atoms with Crippen LogP contribution in [-0.2, 0) is 11.3 Å². The van der Waals surface area contributed by atoms with Gasteiger partial charge in [-0.15, -0.1) is 12.4 Å². The second-order valence-corrected chi connectivity index (χ2v) is 6.07. The molecule has 3 rings (SSSR count). The summed E-state index contributed by atoms with van der Waals surface area (Å²) in [6.45, 7) is 4.41. The van der Waals surface area contributed by atoms with Crippen LogP contribution in [0.3, 0.4) is 0 Å². The molecule has 1 fully saturated rings. The van der Waals surface area contributed by atoms with Gasteiger partial charge in [-0.05, 0) is 31.0 Å². The summed E-state index contributed by atoms with van der Waals surface area (Å²) < 4.78 is 5.65. The van der Waals surface area contributed by atoms with Crippen LogP contribution >= 0.6 is 12.4 Å². The molecule has 2 N–H and O–H groups in total. The van der Waals surface area contributed by atoms with E-state index in [9.17, 15) is 4.79 Å². The molecule has 1 aromatic rings. The van der Waals surface area contributed by atoms with Crippen LogP contribution in [0.1, 0.15) is 38.2 Å². The molecule has 116 valence electrons. The predicted molar refractivity (Wildman–Crippen MR) is 86.1 cm³/mol. The first kappa shape index (κ1) is 16.1. The van der Waals surface area contributed by atoms with Crippen LogP contribution < -0.4 is 15.4 Å². The third-order valence-electron chi connectivity index (χ3n) is 4.43. The monoisotopic (exact) mass is 310 g/mol. The number of halogens is 1. The highest BCUT2D eigenvalue weighted by Gasteiger charge is 2.36. The highest BCUT2D eigenvalue weighted by molar-refractivity contribution is 5.95. The zero-order chi connectivity index (χ0) is 14.0. The molecule has 0 atom stereocenters. The highest BCUT2D eigenvalue weighted by Crippen LogP contribution is 2.38. The van der Waals surface area contributed by atoms with E-state index in [2.05, 4.69) is 17.6 Å². The normalized spacial score (nSPS) is 19.7. The molecule has 1 amide bonds. The molecule has 0 spiro atoms. The lowest BCUT2D eigenvalue weighted by atomic mass is 9.88. The topological polar surface area (TPSA) is 50.4 Å². The van der Waals surface area contributed by atoms with Crippen molar-refractivity contribution in [2.75, 3.05) is 18.5 Å². The molecule has 21 heavy (non-hydrogen) atoms. The summed E-state index contributed by atoms with van der Waals surface area (Å²) in [5, 5.41) is 6.38. The van der Waals surface area contributed by atoms with Gasteiger partial charge in [0.1, 0.15) is 12.4 Å². The van der Waals surface area contributed by atoms with Gasteiger partial charge in [-0.1, -0.05) is 19.8 Å². The minimum absolute atomic E-state index is 0. The third-order valence-corrected chi connectivity index (χ3v) is 4.43. The van der Waals surface area contributed by atoms with E-state index in [1.807, 2.05) is 18.2 Å². The molecule has 4 nitrogen and oxygen atoms in total. The lowest BCUT2D eigenvalue weighted by molar-refractivity contribution is -0.124. The Balaban J connectivity index is 0.00000161. The van der Waals surface area contributed by atoms with E-state index in [0.717, 1.165) is 55.8 Å². The summed E-state index contributed by atoms with van der Waals surface area (Å²) in [4.78, 5) is 12.4. The van der Waals surface area contributed by atoms with Crippen molar-refractivity contribution in [1.29, 1.82) is 0 Å². The summed E-state index contributed by atoms with van der Waals surface area (Å²) in [6, 6.07) is 5.90. The molecular formula is C16H23ClN2O2. The number of rotatable bonds is 2. The first-order valence-corrected chi connectivity index (χ1v) is 7.45. The Kier molecular flexibility index (Phi) is 5.12. The average molecular weight is 311 g/mol. The highest BCUT2D eigenvalue weighted by atomic mass is 35.5. The predicted octanol–water partition coefficient (Wildman–Crippen LogP) is 3.11. The summed E-state index contributed by atoms with van der Waals surface area (Å²) >= 11 is 0. The number of fused-ring (bicyclic) bond motifs is 1. The number of ether oxygens (including phenoxy) is 1. The second kappa shape index (κ2) is 6.67. The first-order chi connectivity index (χ1) is 9.67. The molecule has 1 saturated carbocycles. The lowest BCUT2D eigenvalue weighted by Crippen LogP contribution is -2.30. The second-order valence-electron chi connectivity index (χ2n) is 6.07. The number of hydrogen-bond acceptors (Lipinski definition) is 3. The van der Waals surface area contributed by atoms with E-state index in [-0.39, 0.29) is 23.7 Å². The maximum absolute atomic E-state index is 12.4. The van der Waals surface area contributed by atoms with Crippen LogP contribution in [0.2, 0.25) is 0 Å². The molecule has 0 unspecified atom stereocenters. The number of amides is 1. The van der Waals surface area contributed by atoms with Gasteiger partial charge in [-0.25, -0.2) is 0 Å². The van der Waals surface area contributed by atoms with Crippen molar-refractivity contribution in [3.63, 3.8) is 0 Å². The van der Waals surface area contributed by atoms with Crippen molar-refractivity contribution in [3.05, 3.63) is 23.8 Å². The Bertz CT molecular complexity index is 513. The quantitative estimate of drug-likeness (QED) is 0.882. The van der Waals surface area contributed by atoms with Gasteiger partial charge in [0.05, 0.1) is 0 Å². The number of carbonyl (C=O) groups is 1. The molecule has 0 aromatic heterocycles. The molecule has 0 bridgehead atoms. The van der Waals surface area contributed by atoms with Gasteiger partial charge in [0.2, 0.25) is 5.91 Å². The van der Waals surface area contributed by atoms with Crippen LogP contribution in [0.25, 0.3) is 0 Å². The fourth-order valence-electron chi connectivity index (χ4n) is 3.06. The number of hydrogen-bond donors (Lipinski definition) is 2. The van der Waals surface area contributed by atoms with Crippen LogP contribution in [0.15, 0.2) is 18.2 Å². The smallest absolute Gasteiger partial charge is 0.230 e. The number of anilines is 1. The molecule has 0 saturated heterocycles. The van der Waals surface area contributed by atoms with Gasteiger partial charge >= 0.3 is 0 Å². The Labute approximate surface area is 132 Å². The zero-order valence-corrected chi connectivity index (χ0v) is 13.2. The molecule has 1 aromatic carbocycles. The van der Waals surface area contributed by atoms with Crippen LogP contribution in [0.5, 0.6) is 5.75 Å². The van der Waals surface area contributed by atoms with E-state index >= 15 is 0 Å². The Morgan fingerprint density at radius 2 is 2.10 bits per heavy atom. The van der Waals surface area contributed by atoms with E-state index in [1.54, 1.807) is 0 Å². The minimum atomic E-state index is -0.193. The van der Waals surface area contributed by atoms with E-state index in [0.29, 0.717) is 6.61 Å². The van der Waals surface area contributed by atoms with Gasteiger partial charge in [0.15, 0.2) is 0 Å². The van der Waals surface area contributed by atoms with Crippen molar-refractivity contribution in [3.8, 4) is 5.75 Å². The van der Waals surface area contributed by atoms with Gasteiger partial charge in [0.25, 0.3) is 0 Å². The van der Waals surface area contributed by atoms with E-state index in [4.69, 9.17) is 4.74 Å². The lowest BCUT2D eigenvalue weighted by Gasteiger charge is -2.22. The third kappa shape index (κ3) is 3.50. The standard InChI is InChI=1S/C16H22N2O2.ClH/c1-16(6-2-3-7-16)15(19)18-13-4-5-14-12(10-13)11-17-8-9-20-14;/h4-5,10,17H,2-3,6-9,11H2,1H3,(H,18,19);1H. The molecule has 1 aliphatic heterocycles. The fraction of sp³-hybridized carbons (Fsp3) is 0.562. The average Bonchev–Trinajstić information content (AvgIpc) is 2.76. The largest absolute Gasteiger partial charge is 0.492 e. The summed E-state index contributed by atoms with van der Waals surface area (Å²) in [6.07, 6.45) is 4.31. The molecule has 0 radical (unpaired) electrons. The van der Waals surface area contributed by atoms with Gasteiger partial charge in [-0.3, -0.25) is 4.79 Å². The van der Waals surface area contributed by atoms with Crippen LogP contribution in [-0.4, -0.2) is 19.1 Å². The fourth-order valence-corrected chi connectivity index (χ4v) is 3.06. The van der Waals surface area contributed by atoms with E-state index < -0.39 is 0 Å². The van der Waals surface area contributed by atoms with Crippen molar-refractivity contribution in [2.24, 2.45) is 5.41 Å². The SMILES string of the molecule is CC1(C(=O)Nc2ccc3c(c2)CNCCO3)CCCC1.Cl. The maximum atomic E-state index is 12.4. The van der Waals surface area contributed by atoms with Crippen molar-refractivity contribution in [1.82, 2.24) is 5.32 Å². The Morgan fingerprint density at radius 3 is 2.86 bits per heavy atom. The summed E-state index contributed by atoms with van der Waals surface area (Å²) in [5.74, 6) is 1.07. The van der Waals surface area contributed by atoms with Crippen molar-refractivity contribution >= 4 is 24.0 Å². The molecule has 5 heteroatoms. The minimum Gasteiger partial charge on any atom is -0.492 e.